The monoisotopic (exact) mass is 510 g/mol. The van der Waals surface area contributed by atoms with Crippen molar-refractivity contribution in [3.05, 3.63) is 81.3 Å². The fourth-order valence-corrected chi connectivity index (χ4v) is 4.59. The van der Waals surface area contributed by atoms with Gasteiger partial charge in [0.15, 0.2) is 0 Å². The normalized spacial score (nSPS) is 12.1. The largest absolute Gasteiger partial charge is 0.507 e. The van der Waals surface area contributed by atoms with Crippen LogP contribution in [0.3, 0.4) is 0 Å². The van der Waals surface area contributed by atoms with Crippen molar-refractivity contribution in [3.8, 4) is 11.8 Å². The van der Waals surface area contributed by atoms with E-state index in [1.807, 2.05) is 32.9 Å². The van der Waals surface area contributed by atoms with E-state index in [0.29, 0.717) is 32.2 Å². The van der Waals surface area contributed by atoms with E-state index in [-0.39, 0.29) is 11.3 Å². The van der Waals surface area contributed by atoms with Gasteiger partial charge in [0, 0.05) is 25.5 Å². The second-order valence-corrected chi connectivity index (χ2v) is 10.8. The van der Waals surface area contributed by atoms with Crippen LogP contribution in [0.4, 0.5) is 5.69 Å². The number of hydrogen-bond acceptors (Lipinski definition) is 4. The average molecular weight is 511 g/mol. The van der Waals surface area contributed by atoms with Gasteiger partial charge in [0.05, 0.1) is 28.0 Å². The molecule has 0 aliphatic rings. The van der Waals surface area contributed by atoms with Gasteiger partial charge in [-0.15, -0.1) is 0 Å². The topological polar surface area (TPSA) is 90.2 Å². The Hall–Kier alpha value is -2.95. The van der Waals surface area contributed by atoms with Crippen LogP contribution in [-0.2, 0) is 16.2 Å². The van der Waals surface area contributed by atoms with Crippen molar-refractivity contribution in [3.63, 3.8) is 0 Å². The molecule has 3 rings (SSSR count). The van der Waals surface area contributed by atoms with Crippen molar-refractivity contribution >= 4 is 38.3 Å². The molecule has 164 valence electrons. The zero-order valence-corrected chi connectivity index (χ0v) is 20.6. The number of phenolic OH excluding ortho intramolecular Hbond substituents is 1. The molecule has 32 heavy (non-hydrogen) atoms. The molecule has 3 aromatic carbocycles. The van der Waals surface area contributed by atoms with Crippen LogP contribution in [0.2, 0.25) is 0 Å². The summed E-state index contributed by atoms with van der Waals surface area (Å²) < 4.78 is 13.7. The molecule has 2 N–H and O–H groups in total. The number of hydrogen-bond donors (Lipinski definition) is 2. The number of phenols is 1. The summed E-state index contributed by atoms with van der Waals surface area (Å²) in [6.45, 7) is 7.36. The number of nitriles is 1. The molecule has 1 amide bonds. The Morgan fingerprint density at radius 1 is 1.06 bits per heavy atom. The van der Waals surface area contributed by atoms with Gasteiger partial charge < -0.3 is 10.4 Å². The Labute approximate surface area is 198 Å². The highest BCUT2D eigenvalue weighted by atomic mass is 79.9. The van der Waals surface area contributed by atoms with Crippen LogP contribution in [0.5, 0.6) is 5.75 Å². The number of halogens is 1. The predicted molar refractivity (Wildman–Crippen MR) is 129 cm³/mol. The number of carbonyl (C=O) groups is 1. The first-order valence-corrected chi connectivity index (χ1v) is 11.8. The zero-order chi connectivity index (χ0) is 23.6. The Bertz CT molecular complexity index is 1240. The molecule has 7 heteroatoms. The van der Waals surface area contributed by atoms with Gasteiger partial charge in [-0.05, 0) is 72.5 Å². The number of rotatable bonds is 4. The molecule has 0 saturated heterocycles. The summed E-state index contributed by atoms with van der Waals surface area (Å²) in [6.07, 6.45) is 0. The second-order valence-electron chi connectivity index (χ2n) is 8.38. The van der Waals surface area contributed by atoms with Crippen molar-refractivity contribution in [2.24, 2.45) is 0 Å². The van der Waals surface area contributed by atoms with Crippen molar-refractivity contribution in [2.75, 3.05) is 5.32 Å². The van der Waals surface area contributed by atoms with Crippen LogP contribution in [0.1, 0.15) is 47.8 Å². The van der Waals surface area contributed by atoms with Gasteiger partial charge in [-0.3, -0.25) is 4.79 Å². The smallest absolute Gasteiger partial charge is 0.259 e. The van der Waals surface area contributed by atoms with Gasteiger partial charge in [0.1, 0.15) is 5.75 Å². The van der Waals surface area contributed by atoms with E-state index in [1.165, 1.54) is 0 Å². The third kappa shape index (κ3) is 4.93. The highest BCUT2D eigenvalue weighted by Crippen LogP contribution is 2.37. The molecule has 1 atom stereocenters. The highest BCUT2D eigenvalue weighted by Gasteiger charge is 2.27. The van der Waals surface area contributed by atoms with E-state index in [1.54, 1.807) is 49.4 Å². The minimum atomic E-state index is -1.35. The van der Waals surface area contributed by atoms with Crippen molar-refractivity contribution in [2.45, 2.75) is 42.9 Å². The molecule has 0 spiro atoms. The van der Waals surface area contributed by atoms with Gasteiger partial charge >= 0.3 is 0 Å². The van der Waals surface area contributed by atoms with E-state index >= 15 is 0 Å². The SMILES string of the molecule is Cc1c(C#N)cc(C(C)(C)C)c(O)c1C(=O)Nc1ccc(S(=O)c2ccc(Br)cc2)cc1. The molecule has 0 aromatic heterocycles. The summed E-state index contributed by atoms with van der Waals surface area (Å²) in [6, 6.07) is 17.7. The molecule has 0 radical (unpaired) electrons. The minimum Gasteiger partial charge on any atom is -0.507 e. The number of amides is 1. The molecule has 1 unspecified atom stereocenters. The third-order valence-electron chi connectivity index (χ3n) is 5.07. The average Bonchev–Trinajstić information content (AvgIpc) is 2.73. The number of anilines is 1. The highest BCUT2D eigenvalue weighted by molar-refractivity contribution is 9.10. The molecule has 0 heterocycles. The van der Waals surface area contributed by atoms with Crippen molar-refractivity contribution in [1.29, 1.82) is 5.26 Å². The van der Waals surface area contributed by atoms with Gasteiger partial charge in [-0.25, -0.2) is 4.21 Å². The third-order valence-corrected chi connectivity index (χ3v) is 7.00. The Morgan fingerprint density at radius 3 is 2.09 bits per heavy atom. The van der Waals surface area contributed by atoms with Gasteiger partial charge in [0.2, 0.25) is 0 Å². The lowest BCUT2D eigenvalue weighted by Crippen LogP contribution is -2.19. The standard InChI is InChI=1S/C25H23BrN2O3S/c1-15-16(14-27)13-21(25(2,3)4)23(29)22(15)24(30)28-18-7-11-20(12-8-18)32(31)19-9-5-17(26)6-10-19/h5-13,29H,1-4H3,(H,28,30). The summed E-state index contributed by atoms with van der Waals surface area (Å²) in [7, 11) is -1.35. The van der Waals surface area contributed by atoms with Gasteiger partial charge in [-0.1, -0.05) is 36.7 Å². The Kier molecular flexibility index (Phi) is 6.87. The van der Waals surface area contributed by atoms with E-state index in [0.717, 1.165) is 4.47 Å². The van der Waals surface area contributed by atoms with Crippen molar-refractivity contribution in [1.82, 2.24) is 0 Å². The van der Waals surface area contributed by atoms with Crippen LogP contribution < -0.4 is 5.32 Å². The first kappa shape index (κ1) is 23.7. The number of nitrogens with zero attached hydrogens (tertiary/aromatic N) is 1. The maximum Gasteiger partial charge on any atom is 0.259 e. The molecule has 0 saturated carbocycles. The lowest BCUT2D eigenvalue weighted by atomic mass is 9.82. The molecule has 3 aromatic rings. The Balaban J connectivity index is 1.89. The van der Waals surface area contributed by atoms with E-state index in [9.17, 15) is 19.4 Å². The quantitative estimate of drug-likeness (QED) is 0.446. The van der Waals surface area contributed by atoms with Gasteiger partial charge in [-0.2, -0.15) is 5.26 Å². The molecule has 0 bridgehead atoms. The molecule has 0 fully saturated rings. The van der Waals surface area contributed by atoms with E-state index in [4.69, 9.17) is 0 Å². The summed E-state index contributed by atoms with van der Waals surface area (Å²) in [5.41, 5.74) is 1.42. The fraction of sp³-hybridized carbons (Fsp3) is 0.200. The summed E-state index contributed by atoms with van der Waals surface area (Å²) in [5.74, 6) is -0.635. The number of nitrogens with one attached hydrogen (secondary N) is 1. The lowest BCUT2D eigenvalue weighted by molar-refractivity contribution is 0.102. The first-order chi connectivity index (χ1) is 15.0. The maximum absolute atomic E-state index is 13.0. The number of aromatic hydroxyl groups is 1. The molecular formula is C25H23BrN2O3S. The van der Waals surface area contributed by atoms with Crippen LogP contribution >= 0.6 is 15.9 Å². The van der Waals surface area contributed by atoms with Crippen LogP contribution in [0.25, 0.3) is 0 Å². The zero-order valence-electron chi connectivity index (χ0n) is 18.2. The molecule has 0 aliphatic carbocycles. The summed E-state index contributed by atoms with van der Waals surface area (Å²) >= 11 is 3.36. The van der Waals surface area contributed by atoms with Crippen LogP contribution in [0.15, 0.2) is 68.9 Å². The summed E-state index contributed by atoms with van der Waals surface area (Å²) in [5, 5.41) is 23.1. The number of benzene rings is 3. The minimum absolute atomic E-state index is 0.0801. The van der Waals surface area contributed by atoms with Gasteiger partial charge in [0.25, 0.3) is 5.91 Å². The van der Waals surface area contributed by atoms with E-state index in [2.05, 4.69) is 27.3 Å². The first-order valence-electron chi connectivity index (χ1n) is 9.89. The van der Waals surface area contributed by atoms with Crippen LogP contribution in [-0.4, -0.2) is 15.2 Å². The van der Waals surface area contributed by atoms with Crippen LogP contribution in [0, 0.1) is 18.3 Å². The molecular weight excluding hydrogens is 488 g/mol. The number of carbonyl (C=O) groups excluding carboxylic acids is 1. The van der Waals surface area contributed by atoms with E-state index < -0.39 is 22.1 Å². The molecule has 5 nitrogen and oxygen atoms in total. The lowest BCUT2D eigenvalue weighted by Gasteiger charge is -2.23. The summed E-state index contributed by atoms with van der Waals surface area (Å²) in [4.78, 5) is 14.3. The maximum atomic E-state index is 13.0. The predicted octanol–water partition coefficient (Wildman–Crippen LogP) is 6.05. The second kappa shape index (κ2) is 9.27. The fourth-order valence-electron chi connectivity index (χ4n) is 3.28. The van der Waals surface area contributed by atoms with Crippen molar-refractivity contribution < 1.29 is 14.1 Å². The molecule has 0 aliphatic heterocycles. The Morgan fingerprint density at radius 2 is 1.59 bits per heavy atom.